The van der Waals surface area contributed by atoms with E-state index in [1.165, 1.54) is 30.2 Å². The van der Waals surface area contributed by atoms with Crippen molar-refractivity contribution < 1.29 is 24.2 Å². The summed E-state index contributed by atoms with van der Waals surface area (Å²) in [6.45, 7) is 0.885. The molecule has 0 spiro atoms. The van der Waals surface area contributed by atoms with Gasteiger partial charge in [0.15, 0.2) is 6.04 Å². The van der Waals surface area contributed by atoms with E-state index in [9.17, 15) is 14.7 Å². The molecule has 6 heteroatoms. The van der Waals surface area contributed by atoms with Crippen LogP contribution in [0.5, 0.6) is 5.75 Å². The van der Waals surface area contributed by atoms with Crippen molar-refractivity contribution in [3.05, 3.63) is 35.9 Å². The smallest absolute Gasteiger partial charge is 0.331 e. The van der Waals surface area contributed by atoms with Gasteiger partial charge in [-0.3, -0.25) is 4.79 Å². The summed E-state index contributed by atoms with van der Waals surface area (Å²) in [5, 5.41) is 9.20. The van der Waals surface area contributed by atoms with Crippen molar-refractivity contribution >= 4 is 18.0 Å². The molecule has 1 atom stereocenters. The van der Waals surface area contributed by atoms with E-state index in [0.717, 1.165) is 5.56 Å². The Labute approximate surface area is 122 Å². The minimum absolute atomic E-state index is 0.144. The third kappa shape index (κ3) is 3.82. The summed E-state index contributed by atoms with van der Waals surface area (Å²) in [6.07, 6.45) is 3.03. The SMILES string of the molecule is COC(=O)C1COCCN1C(=O)/C=C/c1ccc(O)cc1. The van der Waals surface area contributed by atoms with E-state index >= 15 is 0 Å². The average Bonchev–Trinajstić information content (AvgIpc) is 2.53. The van der Waals surface area contributed by atoms with Gasteiger partial charge in [-0.1, -0.05) is 12.1 Å². The number of morpholine rings is 1. The summed E-state index contributed by atoms with van der Waals surface area (Å²) < 4.78 is 9.90. The second-order valence-electron chi connectivity index (χ2n) is 4.57. The quantitative estimate of drug-likeness (QED) is 0.658. The first kappa shape index (κ1) is 15.1. The Kier molecular flexibility index (Phi) is 4.94. The van der Waals surface area contributed by atoms with Crippen molar-refractivity contribution in [1.29, 1.82) is 0 Å². The number of hydrogen-bond donors (Lipinski definition) is 1. The maximum absolute atomic E-state index is 12.2. The summed E-state index contributed by atoms with van der Waals surface area (Å²) in [5.74, 6) is -0.597. The van der Waals surface area contributed by atoms with Gasteiger partial charge in [0.25, 0.3) is 0 Å². The molecule has 0 radical (unpaired) electrons. The summed E-state index contributed by atoms with van der Waals surface area (Å²) in [4.78, 5) is 25.3. The third-order valence-electron chi connectivity index (χ3n) is 3.20. The van der Waals surface area contributed by atoms with E-state index < -0.39 is 12.0 Å². The van der Waals surface area contributed by atoms with E-state index in [4.69, 9.17) is 4.74 Å². The van der Waals surface area contributed by atoms with Crippen LogP contribution in [0.1, 0.15) is 5.56 Å². The second kappa shape index (κ2) is 6.90. The lowest BCUT2D eigenvalue weighted by atomic mass is 10.2. The number of carbonyl (C=O) groups excluding carboxylic acids is 2. The lowest BCUT2D eigenvalue weighted by Crippen LogP contribution is -2.52. The molecule has 1 aromatic carbocycles. The molecular formula is C15H17NO5. The van der Waals surface area contributed by atoms with Crippen molar-refractivity contribution in [1.82, 2.24) is 4.90 Å². The minimum Gasteiger partial charge on any atom is -0.508 e. The second-order valence-corrected chi connectivity index (χ2v) is 4.57. The molecule has 112 valence electrons. The maximum atomic E-state index is 12.2. The van der Waals surface area contributed by atoms with Crippen LogP contribution in [0.15, 0.2) is 30.3 Å². The van der Waals surface area contributed by atoms with Crippen LogP contribution in [-0.2, 0) is 19.1 Å². The number of rotatable bonds is 3. The normalized spacial score (nSPS) is 18.7. The van der Waals surface area contributed by atoms with Gasteiger partial charge in [-0.15, -0.1) is 0 Å². The number of benzene rings is 1. The Balaban J connectivity index is 2.06. The number of phenols is 1. The summed E-state index contributed by atoms with van der Waals surface area (Å²) in [7, 11) is 1.28. The van der Waals surface area contributed by atoms with Gasteiger partial charge in [0, 0.05) is 12.6 Å². The van der Waals surface area contributed by atoms with Crippen LogP contribution in [0, 0.1) is 0 Å². The third-order valence-corrected chi connectivity index (χ3v) is 3.20. The number of carbonyl (C=O) groups is 2. The fourth-order valence-electron chi connectivity index (χ4n) is 2.05. The molecule has 1 heterocycles. The molecule has 1 aliphatic heterocycles. The van der Waals surface area contributed by atoms with E-state index in [1.807, 2.05) is 0 Å². The number of methoxy groups -OCH3 is 1. The van der Waals surface area contributed by atoms with Crippen LogP contribution >= 0.6 is 0 Å². The number of ether oxygens (including phenoxy) is 2. The first-order valence-corrected chi connectivity index (χ1v) is 6.55. The summed E-state index contributed by atoms with van der Waals surface area (Å²) in [6, 6.07) is 5.75. The largest absolute Gasteiger partial charge is 0.508 e. The lowest BCUT2D eigenvalue weighted by molar-refractivity contribution is -0.158. The van der Waals surface area contributed by atoms with Gasteiger partial charge in [0.2, 0.25) is 5.91 Å². The zero-order chi connectivity index (χ0) is 15.2. The highest BCUT2D eigenvalue weighted by Gasteiger charge is 2.32. The van der Waals surface area contributed by atoms with Crippen molar-refractivity contribution in [3.8, 4) is 5.75 Å². The van der Waals surface area contributed by atoms with Gasteiger partial charge in [-0.05, 0) is 23.8 Å². The average molecular weight is 291 g/mol. The highest BCUT2D eigenvalue weighted by molar-refractivity contribution is 5.94. The fourth-order valence-corrected chi connectivity index (χ4v) is 2.05. The Morgan fingerprint density at radius 1 is 1.38 bits per heavy atom. The van der Waals surface area contributed by atoms with Crippen LogP contribution in [0.2, 0.25) is 0 Å². The van der Waals surface area contributed by atoms with E-state index in [1.54, 1.807) is 18.2 Å². The van der Waals surface area contributed by atoms with Gasteiger partial charge in [-0.25, -0.2) is 4.79 Å². The lowest BCUT2D eigenvalue weighted by Gasteiger charge is -2.32. The van der Waals surface area contributed by atoms with Gasteiger partial charge in [-0.2, -0.15) is 0 Å². The van der Waals surface area contributed by atoms with Gasteiger partial charge < -0.3 is 19.5 Å². The summed E-state index contributed by atoms with van der Waals surface area (Å²) in [5.41, 5.74) is 0.782. The fraction of sp³-hybridized carbons (Fsp3) is 0.333. The summed E-state index contributed by atoms with van der Waals surface area (Å²) >= 11 is 0. The Morgan fingerprint density at radius 2 is 2.10 bits per heavy atom. The molecule has 0 bridgehead atoms. The zero-order valence-corrected chi connectivity index (χ0v) is 11.7. The molecule has 0 aromatic heterocycles. The van der Waals surface area contributed by atoms with Crippen LogP contribution in [-0.4, -0.2) is 54.8 Å². The Hall–Kier alpha value is -2.34. The molecule has 1 amide bonds. The van der Waals surface area contributed by atoms with Crippen LogP contribution in [0.3, 0.4) is 0 Å². The number of nitrogens with zero attached hydrogens (tertiary/aromatic N) is 1. The minimum atomic E-state index is -0.708. The first-order chi connectivity index (χ1) is 10.1. The molecule has 6 nitrogen and oxygen atoms in total. The molecular weight excluding hydrogens is 274 g/mol. The molecule has 2 rings (SSSR count). The van der Waals surface area contributed by atoms with Gasteiger partial charge >= 0.3 is 5.97 Å². The topological polar surface area (TPSA) is 76.1 Å². The highest BCUT2D eigenvalue weighted by Crippen LogP contribution is 2.13. The molecule has 1 fully saturated rings. The number of phenolic OH excluding ortho intramolecular Hbond substituents is 1. The van der Waals surface area contributed by atoms with E-state index in [0.29, 0.717) is 13.2 Å². The maximum Gasteiger partial charge on any atom is 0.331 e. The number of esters is 1. The first-order valence-electron chi connectivity index (χ1n) is 6.55. The van der Waals surface area contributed by atoms with Crippen molar-refractivity contribution in [2.24, 2.45) is 0 Å². The van der Waals surface area contributed by atoms with Crippen molar-refractivity contribution in [2.45, 2.75) is 6.04 Å². The molecule has 0 aliphatic carbocycles. The Bertz CT molecular complexity index is 537. The molecule has 1 aliphatic rings. The van der Waals surface area contributed by atoms with E-state index in [-0.39, 0.29) is 18.3 Å². The molecule has 21 heavy (non-hydrogen) atoms. The number of aromatic hydroxyl groups is 1. The van der Waals surface area contributed by atoms with Crippen LogP contribution < -0.4 is 0 Å². The number of hydrogen-bond acceptors (Lipinski definition) is 5. The Morgan fingerprint density at radius 3 is 2.76 bits per heavy atom. The standard InChI is InChI=1S/C15H17NO5/c1-20-15(19)13-10-21-9-8-16(13)14(18)7-4-11-2-5-12(17)6-3-11/h2-7,13,17H,8-10H2,1H3/b7-4+. The predicted molar refractivity (Wildman–Crippen MR) is 75.5 cm³/mol. The molecule has 1 N–H and O–H groups in total. The molecule has 1 aromatic rings. The van der Waals surface area contributed by atoms with Gasteiger partial charge in [0.1, 0.15) is 5.75 Å². The van der Waals surface area contributed by atoms with E-state index in [2.05, 4.69) is 4.74 Å². The molecule has 1 unspecified atom stereocenters. The zero-order valence-electron chi connectivity index (χ0n) is 11.7. The van der Waals surface area contributed by atoms with Crippen molar-refractivity contribution in [2.75, 3.05) is 26.9 Å². The van der Waals surface area contributed by atoms with Gasteiger partial charge in [0.05, 0.1) is 20.3 Å². The molecule has 1 saturated heterocycles. The van der Waals surface area contributed by atoms with Crippen molar-refractivity contribution in [3.63, 3.8) is 0 Å². The monoisotopic (exact) mass is 291 g/mol. The predicted octanol–water partition coefficient (Wildman–Crippen LogP) is 0.806. The highest BCUT2D eigenvalue weighted by atomic mass is 16.5. The number of amides is 1. The van der Waals surface area contributed by atoms with Crippen LogP contribution in [0.4, 0.5) is 0 Å². The van der Waals surface area contributed by atoms with Crippen LogP contribution in [0.25, 0.3) is 6.08 Å². The molecule has 0 saturated carbocycles.